The fourth-order valence-electron chi connectivity index (χ4n) is 1.88. The number of Topliss-reactive ketones (excluding diaryl/α,β-unsaturated/α-hetero) is 1. The van der Waals surface area contributed by atoms with Gasteiger partial charge in [0.1, 0.15) is 6.61 Å². The molecule has 1 aliphatic heterocycles. The Morgan fingerprint density at radius 1 is 1.41 bits per heavy atom. The van der Waals surface area contributed by atoms with E-state index in [0.29, 0.717) is 13.0 Å². The third-order valence-corrected chi connectivity index (χ3v) is 2.90. The highest BCUT2D eigenvalue weighted by Gasteiger charge is 2.34. The van der Waals surface area contributed by atoms with Gasteiger partial charge in [-0.2, -0.15) is 0 Å². The van der Waals surface area contributed by atoms with Crippen molar-refractivity contribution in [2.75, 3.05) is 13.2 Å². The molecule has 1 heterocycles. The molecular formula is C13H15NO3. The first-order chi connectivity index (χ1) is 8.22. The first kappa shape index (κ1) is 11.6. The van der Waals surface area contributed by atoms with Crippen LogP contribution < -0.4 is 0 Å². The minimum atomic E-state index is -0.402. The van der Waals surface area contributed by atoms with Crippen LogP contribution in [-0.2, 0) is 9.53 Å². The Bertz CT molecular complexity index is 416. The lowest BCUT2D eigenvalue weighted by Gasteiger charge is -2.20. The number of carbonyl (C=O) groups excluding carboxylic acids is 2. The van der Waals surface area contributed by atoms with Gasteiger partial charge in [-0.1, -0.05) is 37.3 Å². The van der Waals surface area contributed by atoms with E-state index in [2.05, 4.69) is 0 Å². The van der Waals surface area contributed by atoms with Crippen molar-refractivity contribution >= 4 is 11.9 Å². The monoisotopic (exact) mass is 233 g/mol. The van der Waals surface area contributed by atoms with Crippen LogP contribution in [0.15, 0.2) is 30.3 Å². The van der Waals surface area contributed by atoms with E-state index in [4.69, 9.17) is 4.74 Å². The Morgan fingerprint density at radius 3 is 2.76 bits per heavy atom. The summed E-state index contributed by atoms with van der Waals surface area (Å²) in [4.78, 5) is 24.5. The topological polar surface area (TPSA) is 46.6 Å². The summed E-state index contributed by atoms with van der Waals surface area (Å²) in [5, 5.41) is 0. The van der Waals surface area contributed by atoms with E-state index in [1.807, 2.05) is 30.3 Å². The molecule has 1 saturated heterocycles. The fraction of sp³-hybridized carbons (Fsp3) is 0.385. The van der Waals surface area contributed by atoms with Crippen molar-refractivity contribution in [1.29, 1.82) is 0 Å². The highest BCUT2D eigenvalue weighted by atomic mass is 16.6. The Morgan fingerprint density at radius 2 is 2.12 bits per heavy atom. The van der Waals surface area contributed by atoms with Crippen molar-refractivity contribution in [1.82, 2.24) is 4.90 Å². The molecule has 1 aromatic rings. The molecule has 4 heteroatoms. The van der Waals surface area contributed by atoms with E-state index < -0.39 is 6.09 Å². The predicted molar refractivity (Wildman–Crippen MR) is 62.5 cm³/mol. The summed E-state index contributed by atoms with van der Waals surface area (Å²) in [5.74, 6) is 0.0461. The van der Waals surface area contributed by atoms with Gasteiger partial charge in [0, 0.05) is 6.42 Å². The summed E-state index contributed by atoms with van der Waals surface area (Å²) in [6.45, 7) is 2.25. The largest absolute Gasteiger partial charge is 0.447 e. The summed E-state index contributed by atoms with van der Waals surface area (Å²) in [5.41, 5.74) is 1.00. The van der Waals surface area contributed by atoms with E-state index in [0.717, 1.165) is 5.56 Å². The van der Waals surface area contributed by atoms with Crippen molar-refractivity contribution in [3.8, 4) is 0 Å². The van der Waals surface area contributed by atoms with Crippen LogP contribution in [0.25, 0.3) is 0 Å². The van der Waals surface area contributed by atoms with Gasteiger partial charge in [0.25, 0.3) is 0 Å². The molecule has 2 rings (SSSR count). The van der Waals surface area contributed by atoms with Crippen LogP contribution in [0.1, 0.15) is 24.9 Å². The van der Waals surface area contributed by atoms with Crippen molar-refractivity contribution in [3.05, 3.63) is 35.9 Å². The zero-order valence-corrected chi connectivity index (χ0v) is 9.76. The summed E-state index contributed by atoms with van der Waals surface area (Å²) in [7, 11) is 0. The maximum Gasteiger partial charge on any atom is 0.410 e. The molecule has 0 spiro atoms. The van der Waals surface area contributed by atoms with Crippen LogP contribution in [0.2, 0.25) is 0 Å². The highest BCUT2D eigenvalue weighted by Crippen LogP contribution is 2.27. The van der Waals surface area contributed by atoms with Crippen LogP contribution in [-0.4, -0.2) is 29.9 Å². The number of nitrogens with zero attached hydrogens (tertiary/aromatic N) is 1. The number of carbonyl (C=O) groups is 2. The summed E-state index contributed by atoms with van der Waals surface area (Å²) < 4.78 is 5.01. The van der Waals surface area contributed by atoms with Crippen LogP contribution >= 0.6 is 0 Å². The molecule has 0 radical (unpaired) electrons. The molecule has 1 atom stereocenters. The minimum Gasteiger partial charge on any atom is -0.447 e. The zero-order chi connectivity index (χ0) is 12.3. The van der Waals surface area contributed by atoms with Crippen LogP contribution in [0.3, 0.4) is 0 Å². The lowest BCUT2D eigenvalue weighted by atomic mass is 10.1. The second-order valence-electron chi connectivity index (χ2n) is 4.02. The summed E-state index contributed by atoms with van der Waals surface area (Å²) in [6.07, 6.45) is 0.0336. The quantitative estimate of drug-likeness (QED) is 0.800. The smallest absolute Gasteiger partial charge is 0.410 e. The van der Waals surface area contributed by atoms with Crippen molar-refractivity contribution in [2.24, 2.45) is 0 Å². The third kappa shape index (κ3) is 2.46. The van der Waals surface area contributed by atoms with E-state index in [1.165, 1.54) is 4.90 Å². The van der Waals surface area contributed by atoms with Gasteiger partial charge in [-0.15, -0.1) is 0 Å². The number of hydrogen-bond donors (Lipinski definition) is 0. The second-order valence-corrected chi connectivity index (χ2v) is 4.02. The highest BCUT2D eigenvalue weighted by molar-refractivity contribution is 5.84. The van der Waals surface area contributed by atoms with Crippen LogP contribution in [0.4, 0.5) is 4.79 Å². The van der Waals surface area contributed by atoms with Gasteiger partial charge in [-0.25, -0.2) is 4.79 Å². The lowest BCUT2D eigenvalue weighted by molar-refractivity contribution is -0.119. The van der Waals surface area contributed by atoms with Gasteiger partial charge in [-0.3, -0.25) is 9.69 Å². The Balaban J connectivity index is 2.16. The molecule has 1 aliphatic rings. The van der Waals surface area contributed by atoms with E-state index in [-0.39, 0.29) is 18.4 Å². The maximum atomic E-state index is 11.6. The predicted octanol–water partition coefficient (Wildman–Crippen LogP) is 2.16. The minimum absolute atomic E-state index is 0.0461. The molecule has 0 N–H and O–H groups in total. The average Bonchev–Trinajstić information content (AvgIpc) is 2.72. The normalized spacial score (nSPS) is 19.2. The maximum absolute atomic E-state index is 11.6. The molecule has 1 fully saturated rings. The Labute approximate surface area is 100 Å². The van der Waals surface area contributed by atoms with E-state index in [1.54, 1.807) is 6.92 Å². The molecule has 1 aromatic carbocycles. The Hall–Kier alpha value is -1.84. The molecule has 0 bridgehead atoms. The zero-order valence-electron chi connectivity index (χ0n) is 9.76. The number of cyclic esters (lactones) is 1. The number of hydrogen-bond acceptors (Lipinski definition) is 3. The van der Waals surface area contributed by atoms with Gasteiger partial charge >= 0.3 is 6.09 Å². The van der Waals surface area contributed by atoms with Crippen molar-refractivity contribution < 1.29 is 14.3 Å². The molecule has 1 unspecified atom stereocenters. The van der Waals surface area contributed by atoms with Gasteiger partial charge in [0.05, 0.1) is 12.6 Å². The molecule has 0 aliphatic carbocycles. The molecule has 0 aromatic heterocycles. The summed E-state index contributed by atoms with van der Waals surface area (Å²) >= 11 is 0. The number of rotatable bonds is 4. The number of ketones is 1. The third-order valence-electron chi connectivity index (χ3n) is 2.90. The molecule has 17 heavy (non-hydrogen) atoms. The second kappa shape index (κ2) is 4.99. The van der Waals surface area contributed by atoms with E-state index >= 15 is 0 Å². The van der Waals surface area contributed by atoms with Crippen molar-refractivity contribution in [2.45, 2.75) is 19.4 Å². The SMILES string of the molecule is CCC(=O)CN1C(=O)OCC1c1ccccc1. The summed E-state index contributed by atoms with van der Waals surface area (Å²) in [6, 6.07) is 9.49. The van der Waals surface area contributed by atoms with Gasteiger partial charge in [-0.05, 0) is 5.56 Å². The van der Waals surface area contributed by atoms with Gasteiger partial charge < -0.3 is 4.74 Å². The number of ether oxygens (including phenoxy) is 1. The van der Waals surface area contributed by atoms with Gasteiger partial charge in [0.15, 0.2) is 5.78 Å². The first-order valence-electron chi connectivity index (χ1n) is 5.72. The average molecular weight is 233 g/mol. The van der Waals surface area contributed by atoms with Crippen LogP contribution in [0.5, 0.6) is 0 Å². The lowest BCUT2D eigenvalue weighted by Crippen LogP contribution is -2.32. The number of benzene rings is 1. The molecular weight excluding hydrogens is 218 g/mol. The molecule has 4 nitrogen and oxygen atoms in total. The van der Waals surface area contributed by atoms with Gasteiger partial charge in [0.2, 0.25) is 0 Å². The first-order valence-corrected chi connectivity index (χ1v) is 5.72. The molecule has 1 amide bonds. The molecule has 0 saturated carbocycles. The fourth-order valence-corrected chi connectivity index (χ4v) is 1.88. The van der Waals surface area contributed by atoms with Crippen LogP contribution in [0, 0.1) is 0 Å². The van der Waals surface area contributed by atoms with E-state index in [9.17, 15) is 9.59 Å². The standard InChI is InChI=1S/C13H15NO3/c1-2-11(15)8-14-12(9-17-13(14)16)10-6-4-3-5-7-10/h3-7,12H,2,8-9H2,1H3. The van der Waals surface area contributed by atoms with Crippen molar-refractivity contribution in [3.63, 3.8) is 0 Å². The molecule has 90 valence electrons. The Kier molecular flexibility index (Phi) is 3.42. The number of amides is 1.